The van der Waals surface area contributed by atoms with E-state index in [4.69, 9.17) is 5.11 Å². The van der Waals surface area contributed by atoms with Crippen LogP contribution in [0.25, 0.3) is 6.08 Å². The van der Waals surface area contributed by atoms with Gasteiger partial charge in [-0.2, -0.15) is 0 Å². The summed E-state index contributed by atoms with van der Waals surface area (Å²) in [4.78, 5) is 38.7. The molecular weight excluding hydrogens is 244 g/mol. The molecule has 2 rings (SSSR count). The number of rotatable bonds is 3. The maximum Gasteiger partial charge on any atom is 0.328 e. The van der Waals surface area contributed by atoms with E-state index >= 15 is 0 Å². The van der Waals surface area contributed by atoms with Crippen molar-refractivity contribution in [2.45, 2.75) is 12.8 Å². The fraction of sp³-hybridized carbons (Fsp3) is 0.200. The second-order valence-corrected chi connectivity index (χ2v) is 4.38. The molecule has 2 amide bonds. The Bertz CT molecular complexity index is 504. The molecule has 17 heavy (non-hydrogen) atoms. The van der Waals surface area contributed by atoms with Gasteiger partial charge >= 0.3 is 5.97 Å². The summed E-state index contributed by atoms with van der Waals surface area (Å²) in [6.45, 7) is 0. The van der Waals surface area contributed by atoms with Crippen LogP contribution in [-0.4, -0.2) is 27.9 Å². The summed E-state index contributed by atoms with van der Waals surface area (Å²) in [6.07, 6.45) is 4.19. The van der Waals surface area contributed by atoms with Gasteiger partial charge in [-0.1, -0.05) is 11.3 Å². The Kier molecular flexibility index (Phi) is 3.01. The van der Waals surface area contributed by atoms with Crippen LogP contribution in [0.4, 0.5) is 5.13 Å². The molecule has 0 aromatic carbocycles. The highest BCUT2D eigenvalue weighted by molar-refractivity contribution is 7.16. The summed E-state index contributed by atoms with van der Waals surface area (Å²) in [6, 6.07) is 0. The van der Waals surface area contributed by atoms with Gasteiger partial charge in [-0.3, -0.25) is 9.59 Å². The molecule has 0 unspecified atom stereocenters. The highest BCUT2D eigenvalue weighted by Gasteiger charge is 2.32. The standard InChI is InChI=1S/C10H8N2O4S/c13-7-2-3-8(14)12(7)10-11-5-6(17-10)1-4-9(15)16/h1,4-5H,2-3H2,(H,15,16). The number of imide groups is 1. The van der Waals surface area contributed by atoms with Gasteiger partial charge in [0.2, 0.25) is 11.8 Å². The van der Waals surface area contributed by atoms with Gasteiger partial charge in [0.05, 0.1) is 0 Å². The molecule has 1 aromatic rings. The van der Waals surface area contributed by atoms with Gasteiger partial charge in [-0.25, -0.2) is 14.7 Å². The lowest BCUT2D eigenvalue weighted by Crippen LogP contribution is -2.28. The average Bonchev–Trinajstić information content (AvgIpc) is 2.83. The van der Waals surface area contributed by atoms with Crippen molar-refractivity contribution in [3.8, 4) is 0 Å². The first-order valence-corrected chi connectivity index (χ1v) is 5.62. The molecule has 0 saturated carbocycles. The van der Waals surface area contributed by atoms with Crippen molar-refractivity contribution in [2.24, 2.45) is 0 Å². The first-order chi connectivity index (χ1) is 8.08. The zero-order chi connectivity index (χ0) is 12.4. The molecule has 2 heterocycles. The lowest BCUT2D eigenvalue weighted by atomic mass is 10.4. The van der Waals surface area contributed by atoms with Crippen molar-refractivity contribution in [1.29, 1.82) is 0 Å². The van der Waals surface area contributed by atoms with E-state index < -0.39 is 5.97 Å². The number of aliphatic carboxylic acids is 1. The Hall–Kier alpha value is -2.02. The predicted molar refractivity (Wildman–Crippen MR) is 60.5 cm³/mol. The molecular formula is C10H8N2O4S. The summed E-state index contributed by atoms with van der Waals surface area (Å²) in [5.41, 5.74) is 0. The Balaban J connectivity index is 2.21. The Morgan fingerprint density at radius 2 is 2.06 bits per heavy atom. The molecule has 1 aliphatic rings. The number of hydrogen-bond donors (Lipinski definition) is 1. The minimum Gasteiger partial charge on any atom is -0.478 e. The molecule has 0 aliphatic carbocycles. The van der Waals surface area contributed by atoms with Crippen LogP contribution in [0.2, 0.25) is 0 Å². The molecule has 1 aromatic heterocycles. The Labute approximate surface area is 100 Å². The number of aromatic nitrogens is 1. The number of carbonyl (C=O) groups excluding carboxylic acids is 2. The van der Waals surface area contributed by atoms with Gasteiger partial charge in [0.1, 0.15) is 0 Å². The molecule has 0 atom stereocenters. The molecule has 1 fully saturated rings. The molecule has 88 valence electrons. The molecule has 1 saturated heterocycles. The minimum absolute atomic E-state index is 0.207. The average molecular weight is 252 g/mol. The highest BCUT2D eigenvalue weighted by atomic mass is 32.1. The zero-order valence-corrected chi connectivity index (χ0v) is 9.44. The molecule has 6 nitrogen and oxygen atoms in total. The molecule has 1 aliphatic heterocycles. The normalized spacial score (nSPS) is 16.1. The number of thiazole rings is 1. The summed E-state index contributed by atoms with van der Waals surface area (Å²) in [5, 5.41) is 8.75. The quantitative estimate of drug-likeness (QED) is 0.637. The number of nitrogens with zero attached hydrogens (tertiary/aromatic N) is 2. The molecule has 0 bridgehead atoms. The number of amides is 2. The first kappa shape index (κ1) is 11.5. The van der Waals surface area contributed by atoms with E-state index in [0.717, 1.165) is 22.3 Å². The molecule has 0 spiro atoms. The van der Waals surface area contributed by atoms with Crippen LogP contribution >= 0.6 is 11.3 Å². The lowest BCUT2D eigenvalue weighted by molar-refractivity contribution is -0.131. The van der Waals surface area contributed by atoms with Crippen LogP contribution in [0, 0.1) is 0 Å². The van der Waals surface area contributed by atoms with E-state index in [1.807, 2.05) is 0 Å². The number of anilines is 1. The van der Waals surface area contributed by atoms with Crippen LogP contribution in [0.5, 0.6) is 0 Å². The third-order valence-corrected chi connectivity index (χ3v) is 3.09. The fourth-order valence-electron chi connectivity index (χ4n) is 1.40. The summed E-state index contributed by atoms with van der Waals surface area (Å²) in [7, 11) is 0. The van der Waals surface area contributed by atoms with Gasteiger partial charge < -0.3 is 5.11 Å². The van der Waals surface area contributed by atoms with E-state index in [2.05, 4.69) is 4.98 Å². The van der Waals surface area contributed by atoms with Crippen molar-refractivity contribution in [2.75, 3.05) is 4.90 Å². The summed E-state index contributed by atoms with van der Waals surface area (Å²) >= 11 is 1.10. The third kappa shape index (κ3) is 2.39. The fourth-order valence-corrected chi connectivity index (χ4v) is 2.25. The highest BCUT2D eigenvalue weighted by Crippen LogP contribution is 2.27. The maximum atomic E-state index is 11.4. The van der Waals surface area contributed by atoms with Gasteiger partial charge in [-0.15, -0.1) is 0 Å². The van der Waals surface area contributed by atoms with Crippen molar-refractivity contribution in [3.63, 3.8) is 0 Å². The third-order valence-electron chi connectivity index (χ3n) is 2.14. The Morgan fingerprint density at radius 1 is 1.41 bits per heavy atom. The molecule has 7 heteroatoms. The second kappa shape index (κ2) is 4.46. The maximum absolute atomic E-state index is 11.4. The van der Waals surface area contributed by atoms with Crippen LogP contribution in [0.3, 0.4) is 0 Å². The van der Waals surface area contributed by atoms with E-state index in [9.17, 15) is 14.4 Å². The largest absolute Gasteiger partial charge is 0.478 e. The van der Waals surface area contributed by atoms with Crippen molar-refractivity contribution >= 4 is 40.3 Å². The van der Waals surface area contributed by atoms with Crippen LogP contribution < -0.4 is 4.90 Å². The summed E-state index contributed by atoms with van der Waals surface area (Å²) in [5.74, 6) is -1.59. The van der Waals surface area contributed by atoms with E-state index in [-0.39, 0.29) is 24.7 Å². The van der Waals surface area contributed by atoms with Crippen molar-refractivity contribution in [1.82, 2.24) is 4.98 Å². The SMILES string of the molecule is O=C(O)C=Cc1cnc(N2C(=O)CCC2=O)s1. The number of hydrogen-bond acceptors (Lipinski definition) is 5. The molecule has 0 radical (unpaired) electrons. The van der Waals surface area contributed by atoms with Gasteiger partial charge in [0, 0.05) is 30.0 Å². The van der Waals surface area contributed by atoms with Crippen LogP contribution in [0.15, 0.2) is 12.3 Å². The Morgan fingerprint density at radius 3 is 2.65 bits per heavy atom. The van der Waals surface area contributed by atoms with E-state index in [1.54, 1.807) is 0 Å². The number of carbonyl (C=O) groups is 3. The first-order valence-electron chi connectivity index (χ1n) is 4.80. The van der Waals surface area contributed by atoms with Crippen LogP contribution in [-0.2, 0) is 14.4 Å². The molecule has 1 N–H and O–H groups in total. The van der Waals surface area contributed by atoms with E-state index in [1.165, 1.54) is 12.3 Å². The number of carboxylic acid groups (broad SMARTS) is 1. The predicted octanol–water partition coefficient (Wildman–Crippen LogP) is 0.894. The van der Waals surface area contributed by atoms with Crippen molar-refractivity contribution in [3.05, 3.63) is 17.2 Å². The second-order valence-electron chi connectivity index (χ2n) is 3.34. The zero-order valence-electron chi connectivity index (χ0n) is 8.62. The van der Waals surface area contributed by atoms with E-state index in [0.29, 0.717) is 10.0 Å². The van der Waals surface area contributed by atoms with Crippen molar-refractivity contribution < 1.29 is 19.5 Å². The number of carboxylic acids is 1. The summed E-state index contributed by atoms with van der Waals surface area (Å²) < 4.78 is 0. The topological polar surface area (TPSA) is 87.6 Å². The monoisotopic (exact) mass is 252 g/mol. The smallest absolute Gasteiger partial charge is 0.328 e. The van der Waals surface area contributed by atoms with Gasteiger partial charge in [-0.05, 0) is 6.08 Å². The van der Waals surface area contributed by atoms with Gasteiger partial charge in [0.25, 0.3) is 0 Å². The minimum atomic E-state index is -1.06. The van der Waals surface area contributed by atoms with Gasteiger partial charge in [0.15, 0.2) is 5.13 Å². The van der Waals surface area contributed by atoms with Crippen LogP contribution in [0.1, 0.15) is 17.7 Å². The lowest BCUT2D eigenvalue weighted by Gasteiger charge is -2.07.